The Balaban J connectivity index is 2.00. The van der Waals surface area contributed by atoms with E-state index >= 15 is 0 Å². The van der Waals surface area contributed by atoms with E-state index in [9.17, 15) is 27.2 Å². The lowest BCUT2D eigenvalue weighted by atomic mass is 9.91. The highest BCUT2D eigenvalue weighted by molar-refractivity contribution is 5.96. The van der Waals surface area contributed by atoms with E-state index in [-0.39, 0.29) is 23.6 Å². The normalized spacial score (nSPS) is 19.5. The van der Waals surface area contributed by atoms with Gasteiger partial charge in [0.15, 0.2) is 0 Å². The van der Waals surface area contributed by atoms with Gasteiger partial charge in [-0.15, -0.1) is 0 Å². The molecule has 0 saturated carbocycles. The van der Waals surface area contributed by atoms with Crippen LogP contribution in [0.3, 0.4) is 0 Å². The van der Waals surface area contributed by atoms with E-state index in [1.165, 1.54) is 14.0 Å². The summed E-state index contributed by atoms with van der Waals surface area (Å²) in [6.07, 6.45) is -0.814. The van der Waals surface area contributed by atoms with Crippen LogP contribution in [0.15, 0.2) is 29.3 Å². The number of nitrogens with zero attached hydrogens (tertiary/aromatic N) is 3. The van der Waals surface area contributed by atoms with E-state index in [0.717, 1.165) is 34.0 Å². The van der Waals surface area contributed by atoms with Crippen molar-refractivity contribution in [3.63, 3.8) is 0 Å². The van der Waals surface area contributed by atoms with Crippen LogP contribution in [-0.4, -0.2) is 35.0 Å². The van der Waals surface area contributed by atoms with E-state index in [2.05, 4.69) is 4.98 Å². The first-order chi connectivity index (χ1) is 13.2. The second kappa shape index (κ2) is 7.61. The summed E-state index contributed by atoms with van der Waals surface area (Å²) in [5.41, 5.74) is -1.17. The number of carbonyl (C=O) groups is 1. The van der Waals surface area contributed by atoms with Gasteiger partial charge in [0.05, 0.1) is 13.7 Å². The van der Waals surface area contributed by atoms with Crippen molar-refractivity contribution in [3.8, 4) is 5.75 Å². The average Bonchev–Trinajstić information content (AvgIpc) is 2.90. The quantitative estimate of drug-likeness (QED) is 0.726. The molecule has 2 unspecified atom stereocenters. The van der Waals surface area contributed by atoms with Gasteiger partial charge >= 0.3 is 0 Å². The molecule has 28 heavy (non-hydrogen) atoms. The molecule has 1 fully saturated rings. The van der Waals surface area contributed by atoms with Crippen LogP contribution < -0.4 is 15.2 Å². The Kier molecular flexibility index (Phi) is 5.39. The largest absolute Gasteiger partial charge is 0.497 e. The Morgan fingerprint density at radius 1 is 1.25 bits per heavy atom. The molecule has 10 heteroatoms. The van der Waals surface area contributed by atoms with Crippen LogP contribution in [0.2, 0.25) is 0 Å². The minimum atomic E-state index is -2.77. The van der Waals surface area contributed by atoms with Crippen molar-refractivity contribution >= 4 is 11.7 Å². The molecule has 2 heterocycles. The lowest BCUT2D eigenvalue weighted by molar-refractivity contribution is -0.117. The second-order valence-electron chi connectivity index (χ2n) is 6.42. The van der Waals surface area contributed by atoms with Gasteiger partial charge in [-0.25, -0.2) is 22.5 Å². The fourth-order valence-corrected chi connectivity index (χ4v) is 3.44. The summed E-state index contributed by atoms with van der Waals surface area (Å²) in [6.45, 7) is 0.667. The number of methoxy groups -OCH3 is 1. The maximum Gasteiger partial charge on any atom is 0.294 e. The fourth-order valence-electron chi connectivity index (χ4n) is 3.44. The number of hydrogen-bond donors (Lipinski definition) is 0. The first kappa shape index (κ1) is 19.8. The minimum Gasteiger partial charge on any atom is -0.497 e. The molecule has 0 N–H and O–H groups in total. The Hall–Kier alpha value is -2.91. The summed E-state index contributed by atoms with van der Waals surface area (Å²) >= 11 is 0. The third kappa shape index (κ3) is 3.46. The summed E-state index contributed by atoms with van der Waals surface area (Å²) in [6, 6.07) is 1.20. The maximum absolute atomic E-state index is 14.5. The average molecular weight is 399 g/mol. The van der Waals surface area contributed by atoms with Crippen molar-refractivity contribution in [1.82, 2.24) is 9.55 Å². The first-order valence-electron chi connectivity index (χ1n) is 8.43. The summed E-state index contributed by atoms with van der Waals surface area (Å²) in [5.74, 6) is -3.57. The highest BCUT2D eigenvalue weighted by atomic mass is 19.3. The molecule has 1 aliphatic rings. The highest BCUT2D eigenvalue weighted by Gasteiger charge is 2.42. The number of amides is 1. The zero-order valence-electron chi connectivity index (χ0n) is 15.0. The predicted molar refractivity (Wildman–Crippen MR) is 91.7 cm³/mol. The second-order valence-corrected chi connectivity index (χ2v) is 6.42. The van der Waals surface area contributed by atoms with Crippen molar-refractivity contribution in [3.05, 3.63) is 52.1 Å². The van der Waals surface area contributed by atoms with Gasteiger partial charge in [0.2, 0.25) is 11.7 Å². The smallest absolute Gasteiger partial charge is 0.294 e. The fraction of sp³-hybridized carbons (Fsp3) is 0.389. The SMILES string of the molecule is COc1cc(F)c(C2CC(=O)N(c3nccn(CC(F)F)c3=O)C2C)c(F)c1. The molecule has 0 radical (unpaired) electrons. The van der Waals surface area contributed by atoms with Crippen LogP contribution in [0, 0.1) is 11.6 Å². The molecule has 1 saturated heterocycles. The first-order valence-corrected chi connectivity index (χ1v) is 8.43. The molecule has 150 valence electrons. The molecule has 0 spiro atoms. The molecule has 1 aromatic heterocycles. The number of carbonyl (C=O) groups excluding carboxylic acids is 1. The molecule has 3 rings (SSSR count). The molecule has 1 aromatic carbocycles. The number of hydrogen-bond acceptors (Lipinski definition) is 4. The lowest BCUT2D eigenvalue weighted by Crippen LogP contribution is -2.39. The van der Waals surface area contributed by atoms with Crippen LogP contribution in [0.25, 0.3) is 0 Å². The molecule has 2 atom stereocenters. The van der Waals surface area contributed by atoms with Crippen LogP contribution in [0.4, 0.5) is 23.4 Å². The molecular formula is C18H17F4N3O3. The van der Waals surface area contributed by atoms with Crippen molar-refractivity contribution in [2.24, 2.45) is 0 Å². The summed E-state index contributed by atoms with van der Waals surface area (Å²) in [7, 11) is 1.27. The summed E-state index contributed by atoms with van der Waals surface area (Å²) in [4.78, 5) is 29.8. The predicted octanol–water partition coefficient (Wildman–Crippen LogP) is 2.70. The van der Waals surface area contributed by atoms with Gasteiger partial charge in [0.25, 0.3) is 12.0 Å². The third-order valence-corrected chi connectivity index (χ3v) is 4.77. The van der Waals surface area contributed by atoms with Gasteiger partial charge in [0.1, 0.15) is 17.4 Å². The van der Waals surface area contributed by atoms with E-state index in [1.54, 1.807) is 0 Å². The molecule has 6 nitrogen and oxygen atoms in total. The number of anilines is 1. The number of rotatable bonds is 5. The van der Waals surface area contributed by atoms with Gasteiger partial charge in [-0.05, 0) is 6.92 Å². The van der Waals surface area contributed by atoms with Crippen molar-refractivity contribution in [2.75, 3.05) is 12.0 Å². The van der Waals surface area contributed by atoms with Crippen LogP contribution in [-0.2, 0) is 11.3 Å². The molecule has 0 aliphatic carbocycles. The van der Waals surface area contributed by atoms with Crippen molar-refractivity contribution in [2.45, 2.75) is 38.3 Å². The summed E-state index contributed by atoms with van der Waals surface area (Å²) in [5, 5.41) is 0. The van der Waals surface area contributed by atoms with E-state index < -0.39 is 48.0 Å². The van der Waals surface area contributed by atoms with Gasteiger partial charge in [-0.3, -0.25) is 14.5 Å². The third-order valence-electron chi connectivity index (χ3n) is 4.77. The van der Waals surface area contributed by atoms with Crippen LogP contribution in [0.1, 0.15) is 24.8 Å². The van der Waals surface area contributed by atoms with Crippen LogP contribution in [0.5, 0.6) is 5.75 Å². The van der Waals surface area contributed by atoms with Crippen molar-refractivity contribution < 1.29 is 27.1 Å². The Morgan fingerprint density at radius 2 is 1.89 bits per heavy atom. The molecule has 1 aliphatic heterocycles. The Labute approximate surface area is 157 Å². The van der Waals surface area contributed by atoms with E-state index in [4.69, 9.17) is 4.74 Å². The minimum absolute atomic E-state index is 0.00723. The highest BCUT2D eigenvalue weighted by Crippen LogP contribution is 2.39. The maximum atomic E-state index is 14.5. The van der Waals surface area contributed by atoms with E-state index in [1.807, 2.05) is 0 Å². The van der Waals surface area contributed by atoms with E-state index in [0.29, 0.717) is 0 Å². The zero-order valence-corrected chi connectivity index (χ0v) is 15.0. The standard InChI is InChI=1S/C18H17F4N3O3/c1-9-11(16-12(19)5-10(28-2)6-13(16)20)7-15(26)25(9)17-18(27)24(4-3-23-17)8-14(21)22/h3-6,9,11,14H,7-8H2,1-2H3. The van der Waals surface area contributed by atoms with Gasteiger partial charge in [0, 0.05) is 48.5 Å². The number of aromatic nitrogens is 2. The topological polar surface area (TPSA) is 64.4 Å². The molecule has 1 amide bonds. The van der Waals surface area contributed by atoms with Gasteiger partial charge < -0.3 is 9.30 Å². The lowest BCUT2D eigenvalue weighted by Gasteiger charge is -2.24. The zero-order chi connectivity index (χ0) is 20.6. The number of benzene rings is 1. The number of halogens is 4. The molecular weight excluding hydrogens is 382 g/mol. The monoisotopic (exact) mass is 399 g/mol. The number of ether oxygens (including phenoxy) is 1. The van der Waals surface area contributed by atoms with Gasteiger partial charge in [-0.1, -0.05) is 0 Å². The van der Waals surface area contributed by atoms with Crippen molar-refractivity contribution in [1.29, 1.82) is 0 Å². The summed E-state index contributed by atoms with van der Waals surface area (Å²) < 4.78 is 59.8. The van der Waals surface area contributed by atoms with Gasteiger partial charge in [-0.2, -0.15) is 0 Å². The number of alkyl halides is 2. The molecule has 0 bridgehead atoms. The Bertz CT molecular complexity index is 940. The van der Waals surface area contributed by atoms with Crippen LogP contribution >= 0.6 is 0 Å². The molecule has 2 aromatic rings. The Morgan fingerprint density at radius 3 is 2.46 bits per heavy atom.